The molecule has 0 fully saturated rings. The van der Waals surface area contributed by atoms with Crippen LogP contribution in [0.3, 0.4) is 0 Å². The van der Waals surface area contributed by atoms with Gasteiger partial charge in [-0.2, -0.15) is 25.3 Å². The monoisotopic (exact) mass is 766 g/mol. The third-order valence-electron chi connectivity index (χ3n) is 8.46. The molecule has 15 heteroatoms. The largest absolute Gasteiger partial charge is 0.412 e. The van der Waals surface area contributed by atoms with Gasteiger partial charge in [-0.1, -0.05) is 79.7 Å². The van der Waals surface area contributed by atoms with Crippen LogP contribution >= 0.6 is 0 Å². The van der Waals surface area contributed by atoms with E-state index < -0.39 is 30.4 Å². The topological polar surface area (TPSA) is 224 Å². The number of aryl methyl sites for hydroxylation is 1. The van der Waals surface area contributed by atoms with Gasteiger partial charge in [0.1, 0.15) is 4.90 Å². The van der Waals surface area contributed by atoms with Crippen molar-refractivity contribution in [2.75, 3.05) is 11.4 Å². The Bertz CT molecular complexity index is 2530. The van der Waals surface area contributed by atoms with Gasteiger partial charge in [-0.3, -0.25) is 13.7 Å². The van der Waals surface area contributed by atoms with Gasteiger partial charge in [-0.15, -0.1) is 0 Å². The predicted molar refractivity (Wildman–Crippen MR) is 199 cm³/mol. The van der Waals surface area contributed by atoms with E-state index in [9.17, 15) is 38.9 Å². The maximum atomic E-state index is 12.5. The van der Waals surface area contributed by atoms with Crippen LogP contribution in [0.1, 0.15) is 41.7 Å². The lowest BCUT2D eigenvalue weighted by Gasteiger charge is -2.24. The quantitative estimate of drug-likeness (QED) is 0.142. The molecule has 274 valence electrons. The summed E-state index contributed by atoms with van der Waals surface area (Å²) in [5.41, 5.74) is 11.3. The van der Waals surface area contributed by atoms with E-state index in [0.29, 0.717) is 57.9 Å². The average Bonchev–Trinajstić information content (AvgIpc) is 3.10. The van der Waals surface area contributed by atoms with Gasteiger partial charge in [-0.05, 0) is 88.5 Å². The highest BCUT2D eigenvalue weighted by molar-refractivity contribution is 7.86. The van der Waals surface area contributed by atoms with Gasteiger partial charge in [0.05, 0.1) is 9.79 Å². The first kappa shape index (κ1) is 39.9. The fourth-order valence-corrected chi connectivity index (χ4v) is 7.56. The first-order chi connectivity index (χ1) is 24.0. The van der Waals surface area contributed by atoms with Gasteiger partial charge in [0.25, 0.3) is 30.4 Å². The normalized spacial score (nSPS) is 11.8. The highest BCUT2D eigenvalue weighted by Crippen LogP contribution is 2.29. The summed E-state index contributed by atoms with van der Waals surface area (Å²) >= 11 is 0. The van der Waals surface area contributed by atoms with Crippen molar-refractivity contribution in [3.8, 4) is 0 Å². The van der Waals surface area contributed by atoms with E-state index in [4.69, 9.17) is 5.73 Å². The lowest BCUT2D eigenvalue weighted by atomic mass is 9.94. The molecular weight excluding hydrogens is 729 g/mol. The Balaban J connectivity index is 0.00000605. The number of hydrogen-bond donors (Lipinski definition) is 4. The molecule has 0 aliphatic rings. The molecule has 5 aromatic carbocycles. The second kappa shape index (κ2) is 15.8. The Kier molecular flexibility index (Phi) is 12.1. The number of rotatable bonds is 11. The van der Waals surface area contributed by atoms with E-state index in [0.717, 1.165) is 11.3 Å². The smallest absolute Gasteiger partial charge is 0.295 e. The zero-order chi connectivity index (χ0) is 37.1. The van der Waals surface area contributed by atoms with Gasteiger partial charge < -0.3 is 16.1 Å². The summed E-state index contributed by atoms with van der Waals surface area (Å²) in [6.45, 7) is 4.86. The van der Waals surface area contributed by atoms with Crippen LogP contribution in [-0.2, 0) is 43.3 Å². The van der Waals surface area contributed by atoms with Crippen molar-refractivity contribution in [2.24, 2.45) is 5.73 Å². The van der Waals surface area contributed by atoms with Crippen molar-refractivity contribution in [1.82, 2.24) is 0 Å². The Hall–Kier alpha value is -4.87. The number of nitrogens with zero attached hydrogens (tertiary/aromatic N) is 1. The maximum absolute atomic E-state index is 12.5. The molecule has 0 unspecified atom stereocenters. The number of nitrogens with two attached hydrogens (primary N) is 1. The van der Waals surface area contributed by atoms with Gasteiger partial charge in [-0.25, -0.2) is 0 Å². The molecule has 0 aliphatic carbocycles. The molecule has 0 aromatic heterocycles. The van der Waals surface area contributed by atoms with Crippen LogP contribution in [0, 0.1) is 0 Å². The van der Waals surface area contributed by atoms with Crippen LogP contribution in [0.4, 0.5) is 5.69 Å². The Morgan fingerprint density at radius 3 is 1.73 bits per heavy atom. The highest BCUT2D eigenvalue weighted by Gasteiger charge is 2.20. The lowest BCUT2D eigenvalue weighted by molar-refractivity contribution is 0.480. The minimum absolute atomic E-state index is 0. The van der Waals surface area contributed by atoms with Crippen LogP contribution in [0.5, 0.6) is 0 Å². The van der Waals surface area contributed by atoms with Gasteiger partial charge in [0.15, 0.2) is 0 Å². The molecule has 0 atom stereocenters. The van der Waals surface area contributed by atoms with Crippen molar-refractivity contribution in [1.29, 1.82) is 0 Å². The molecule has 0 saturated carbocycles. The molecular formula is C37H38N2O10S3. The summed E-state index contributed by atoms with van der Waals surface area (Å²) in [7, 11) is -13.3. The molecule has 0 radical (unpaired) electrons. The molecule has 0 aliphatic heterocycles. The second-order valence-corrected chi connectivity index (χ2v) is 15.9. The molecule has 52 heavy (non-hydrogen) atoms. The molecule has 0 heterocycles. The maximum Gasteiger partial charge on any atom is 0.295 e. The summed E-state index contributed by atoms with van der Waals surface area (Å²) < 4.78 is 100. The van der Waals surface area contributed by atoms with Crippen molar-refractivity contribution >= 4 is 47.3 Å². The first-order valence-electron chi connectivity index (χ1n) is 15.7. The summed E-state index contributed by atoms with van der Waals surface area (Å²) in [6.07, 6.45) is 0.452. The molecule has 0 amide bonds. The molecule has 12 nitrogen and oxygen atoms in total. The predicted octanol–water partition coefficient (Wildman–Crippen LogP) is 3.55. The number of benzene rings is 5. The van der Waals surface area contributed by atoms with Gasteiger partial charge >= 0.3 is 0 Å². The summed E-state index contributed by atoms with van der Waals surface area (Å²) in [5, 5.41) is 1.24. The van der Waals surface area contributed by atoms with E-state index in [2.05, 4.69) is 4.90 Å². The highest BCUT2D eigenvalue weighted by atomic mass is 32.2. The standard InChI is InChI=1S/C37H36N2O9S3.H2O/c1-3-26-23-32(50(43,44)45)21-22-33(26)37(38)29-13-11-27(12-14-29)36(34-7-5-6-8-35(34)51(46,47)48)28-15-17-30(18-16-28)39(4-2)24-25-9-19-31(20-10-25)49(40,41)42;/h5-23H,3-4,24,38H2,1-2H3,(H,40,41,42)(H,43,44,45)(H,46,47,48);1H2. The van der Waals surface area contributed by atoms with Crippen LogP contribution in [0.15, 0.2) is 130 Å². The average molecular weight is 767 g/mol. The third-order valence-corrected chi connectivity index (χ3v) is 11.1. The van der Waals surface area contributed by atoms with Crippen LogP contribution in [0.25, 0.3) is 11.3 Å². The summed E-state index contributed by atoms with van der Waals surface area (Å²) in [6, 6.07) is 30.8. The Morgan fingerprint density at radius 1 is 0.635 bits per heavy atom. The van der Waals surface area contributed by atoms with Crippen molar-refractivity contribution in [2.45, 2.75) is 41.5 Å². The van der Waals surface area contributed by atoms with E-state index in [-0.39, 0.29) is 25.7 Å². The zero-order valence-electron chi connectivity index (χ0n) is 28.1. The Morgan fingerprint density at radius 2 is 1.19 bits per heavy atom. The van der Waals surface area contributed by atoms with E-state index >= 15 is 0 Å². The molecule has 7 N–H and O–H groups in total. The van der Waals surface area contributed by atoms with Crippen LogP contribution in [-0.4, -0.2) is 50.9 Å². The zero-order valence-corrected chi connectivity index (χ0v) is 30.6. The second-order valence-electron chi connectivity index (χ2n) is 11.7. The lowest BCUT2D eigenvalue weighted by Crippen LogP contribution is -2.22. The van der Waals surface area contributed by atoms with Gasteiger partial charge in [0, 0.05) is 35.6 Å². The van der Waals surface area contributed by atoms with E-state index in [1.165, 1.54) is 36.4 Å². The summed E-state index contributed by atoms with van der Waals surface area (Å²) in [5.74, 6) is 0. The minimum Gasteiger partial charge on any atom is -0.412 e. The molecule has 0 saturated heterocycles. The SMILES string of the molecule is CCc1cc(S(=O)(=O)O)ccc1C(N)=c1ccc(=C(c2ccc(N(CC)Cc3ccc(S(=O)(=O)O)cc3)cc2)c2ccccc2S(=O)(=O)O)cc1.O. The van der Waals surface area contributed by atoms with Crippen molar-refractivity contribution < 1.29 is 44.4 Å². The fraction of sp³-hybridized carbons (Fsp3) is 0.135. The van der Waals surface area contributed by atoms with Crippen molar-refractivity contribution in [3.05, 3.63) is 154 Å². The molecule has 0 bridgehead atoms. The fourth-order valence-electron chi connectivity index (χ4n) is 5.85. The van der Waals surface area contributed by atoms with E-state index in [1.54, 1.807) is 54.6 Å². The molecule has 5 aromatic rings. The van der Waals surface area contributed by atoms with Crippen LogP contribution < -0.4 is 21.1 Å². The Labute approximate surface area is 302 Å². The number of anilines is 1. The van der Waals surface area contributed by atoms with Gasteiger partial charge in [0.2, 0.25) is 0 Å². The summed E-state index contributed by atoms with van der Waals surface area (Å²) in [4.78, 5) is 1.36. The third kappa shape index (κ3) is 8.94. The molecule has 5 rings (SSSR count). The van der Waals surface area contributed by atoms with Crippen LogP contribution in [0.2, 0.25) is 0 Å². The van der Waals surface area contributed by atoms with Crippen molar-refractivity contribution in [3.63, 3.8) is 0 Å². The van der Waals surface area contributed by atoms with E-state index in [1.807, 2.05) is 38.1 Å². The minimum atomic E-state index is -4.61. The first-order valence-corrected chi connectivity index (χ1v) is 20.0. The molecule has 0 spiro atoms. The number of hydrogen-bond acceptors (Lipinski definition) is 8.